The number of aromatic nitrogens is 1. The average molecular weight is 171 g/mol. The maximum absolute atomic E-state index is 5.81. The van der Waals surface area contributed by atoms with Gasteiger partial charge in [0.1, 0.15) is 0 Å². The zero-order chi connectivity index (χ0) is 8.32. The number of hydrogen-bond acceptors (Lipinski definition) is 0. The molecule has 0 bridgehead atoms. The Balaban J connectivity index is 2.93. The first-order chi connectivity index (χ1) is 5.17. The molecular weight excluding hydrogens is 158 g/mol. The Morgan fingerprint density at radius 3 is 2.18 bits per heavy atom. The molecular formula is C9H13ClN+. The molecule has 0 fully saturated rings. The Hall–Kier alpha value is -0.560. The molecule has 2 heteroatoms. The molecule has 0 amide bonds. The molecule has 0 saturated carbocycles. The van der Waals surface area contributed by atoms with Gasteiger partial charge in [0.2, 0.25) is 0 Å². The minimum absolute atomic E-state index is 0.0167. The Morgan fingerprint density at radius 2 is 1.73 bits per heavy atom. The van der Waals surface area contributed by atoms with E-state index in [4.69, 9.17) is 11.6 Å². The van der Waals surface area contributed by atoms with Crippen molar-refractivity contribution in [1.82, 2.24) is 0 Å². The number of hydrogen-bond donors (Lipinski definition) is 0. The third-order valence-corrected chi connectivity index (χ3v) is 2.40. The van der Waals surface area contributed by atoms with Crippen LogP contribution in [0.2, 0.25) is 0 Å². The average Bonchev–Trinajstić information content (AvgIpc) is 2.06. The van der Waals surface area contributed by atoms with E-state index in [1.807, 2.05) is 30.6 Å². The monoisotopic (exact) mass is 170 g/mol. The SMILES string of the molecule is CC(C)(CCl)[n+]1ccccc1. The first kappa shape index (κ1) is 8.54. The molecule has 0 aliphatic carbocycles. The molecule has 60 valence electrons. The van der Waals surface area contributed by atoms with Crippen molar-refractivity contribution in [2.24, 2.45) is 0 Å². The third-order valence-electron chi connectivity index (χ3n) is 1.74. The van der Waals surface area contributed by atoms with Gasteiger partial charge in [0, 0.05) is 26.0 Å². The molecule has 11 heavy (non-hydrogen) atoms. The van der Waals surface area contributed by atoms with Crippen LogP contribution in [0.3, 0.4) is 0 Å². The van der Waals surface area contributed by atoms with Crippen molar-refractivity contribution in [3.05, 3.63) is 30.6 Å². The molecule has 1 heterocycles. The van der Waals surface area contributed by atoms with Crippen molar-refractivity contribution in [2.75, 3.05) is 5.88 Å². The lowest BCUT2D eigenvalue weighted by atomic mass is 10.1. The molecule has 1 nitrogen and oxygen atoms in total. The van der Waals surface area contributed by atoms with Crippen molar-refractivity contribution in [3.63, 3.8) is 0 Å². The third kappa shape index (κ3) is 1.93. The number of nitrogens with zero attached hydrogens (tertiary/aromatic N) is 1. The molecule has 1 aromatic rings. The Kier molecular flexibility index (Phi) is 2.50. The van der Waals surface area contributed by atoms with Crippen LogP contribution in [0.25, 0.3) is 0 Å². The summed E-state index contributed by atoms with van der Waals surface area (Å²) in [6.45, 7) is 4.22. The maximum Gasteiger partial charge on any atom is 0.175 e. The summed E-state index contributed by atoms with van der Waals surface area (Å²) in [5, 5.41) is 0. The van der Waals surface area contributed by atoms with E-state index in [-0.39, 0.29) is 5.54 Å². The van der Waals surface area contributed by atoms with Gasteiger partial charge in [-0.25, -0.2) is 0 Å². The van der Waals surface area contributed by atoms with Gasteiger partial charge in [0.15, 0.2) is 17.9 Å². The summed E-state index contributed by atoms with van der Waals surface area (Å²) in [7, 11) is 0. The fourth-order valence-corrected chi connectivity index (χ4v) is 1.01. The fourth-order valence-electron chi connectivity index (χ4n) is 0.871. The molecule has 0 aliphatic heterocycles. The number of rotatable bonds is 2. The predicted molar refractivity (Wildman–Crippen MR) is 46.7 cm³/mol. The first-order valence-electron chi connectivity index (χ1n) is 3.69. The van der Waals surface area contributed by atoms with Crippen LogP contribution in [-0.2, 0) is 5.54 Å². The molecule has 0 spiro atoms. The van der Waals surface area contributed by atoms with E-state index >= 15 is 0 Å². The van der Waals surface area contributed by atoms with Gasteiger partial charge in [-0.1, -0.05) is 6.07 Å². The second-order valence-corrected chi connectivity index (χ2v) is 3.50. The van der Waals surface area contributed by atoms with Crippen LogP contribution >= 0.6 is 11.6 Å². The summed E-state index contributed by atoms with van der Waals surface area (Å²) in [4.78, 5) is 0. The van der Waals surface area contributed by atoms with Crippen molar-refractivity contribution < 1.29 is 4.57 Å². The van der Waals surface area contributed by atoms with Crippen LogP contribution in [0.15, 0.2) is 30.6 Å². The van der Waals surface area contributed by atoms with E-state index in [1.54, 1.807) is 0 Å². The van der Waals surface area contributed by atoms with Gasteiger partial charge >= 0.3 is 0 Å². The minimum atomic E-state index is 0.0167. The smallest absolute Gasteiger partial charge is 0.175 e. The van der Waals surface area contributed by atoms with E-state index in [1.165, 1.54) is 0 Å². The van der Waals surface area contributed by atoms with Gasteiger partial charge in [-0.3, -0.25) is 0 Å². The highest BCUT2D eigenvalue weighted by Gasteiger charge is 2.25. The lowest BCUT2D eigenvalue weighted by Gasteiger charge is -2.14. The van der Waals surface area contributed by atoms with Crippen LogP contribution in [0, 0.1) is 0 Å². The second kappa shape index (κ2) is 3.22. The molecule has 0 aromatic carbocycles. The normalized spacial score (nSPS) is 11.5. The van der Waals surface area contributed by atoms with Gasteiger partial charge < -0.3 is 0 Å². The van der Waals surface area contributed by atoms with Crippen LogP contribution in [-0.4, -0.2) is 5.88 Å². The maximum atomic E-state index is 5.81. The summed E-state index contributed by atoms with van der Waals surface area (Å²) >= 11 is 5.81. The quantitative estimate of drug-likeness (QED) is 0.472. The Morgan fingerprint density at radius 1 is 1.18 bits per heavy atom. The van der Waals surface area contributed by atoms with Crippen LogP contribution < -0.4 is 4.57 Å². The standard InChI is InChI=1S/C9H13ClN/c1-9(2,8-10)11-6-4-3-5-7-11/h3-7H,8H2,1-2H3/q+1. The molecule has 1 rings (SSSR count). The molecule has 0 unspecified atom stereocenters. The fraction of sp³-hybridized carbons (Fsp3) is 0.444. The van der Waals surface area contributed by atoms with Crippen molar-refractivity contribution in [2.45, 2.75) is 19.4 Å². The molecule has 0 saturated heterocycles. The Labute approximate surface area is 72.6 Å². The van der Waals surface area contributed by atoms with Gasteiger partial charge in [0.25, 0.3) is 0 Å². The number of alkyl halides is 1. The topological polar surface area (TPSA) is 3.88 Å². The second-order valence-electron chi connectivity index (χ2n) is 3.23. The van der Waals surface area contributed by atoms with E-state index < -0.39 is 0 Å². The zero-order valence-electron chi connectivity index (χ0n) is 6.92. The lowest BCUT2D eigenvalue weighted by Crippen LogP contribution is -2.52. The van der Waals surface area contributed by atoms with Gasteiger partial charge in [-0.15, -0.1) is 11.6 Å². The largest absolute Gasteiger partial charge is 0.199 e. The van der Waals surface area contributed by atoms with E-state index in [9.17, 15) is 0 Å². The van der Waals surface area contributed by atoms with E-state index in [2.05, 4.69) is 18.4 Å². The minimum Gasteiger partial charge on any atom is -0.199 e. The lowest BCUT2D eigenvalue weighted by molar-refractivity contribution is -0.752. The van der Waals surface area contributed by atoms with Crippen LogP contribution in [0.4, 0.5) is 0 Å². The van der Waals surface area contributed by atoms with Crippen LogP contribution in [0.1, 0.15) is 13.8 Å². The molecule has 1 aromatic heterocycles. The van der Waals surface area contributed by atoms with E-state index in [0.29, 0.717) is 5.88 Å². The van der Waals surface area contributed by atoms with E-state index in [0.717, 1.165) is 0 Å². The summed E-state index contributed by atoms with van der Waals surface area (Å²) in [6.07, 6.45) is 4.06. The van der Waals surface area contributed by atoms with Crippen molar-refractivity contribution in [3.8, 4) is 0 Å². The van der Waals surface area contributed by atoms with Crippen molar-refractivity contribution >= 4 is 11.6 Å². The predicted octanol–water partition coefficient (Wildman–Crippen LogP) is 1.95. The molecule has 0 aliphatic rings. The number of pyridine rings is 1. The summed E-state index contributed by atoms with van der Waals surface area (Å²) < 4.78 is 2.11. The summed E-state index contributed by atoms with van der Waals surface area (Å²) in [5.41, 5.74) is 0.0167. The van der Waals surface area contributed by atoms with Gasteiger partial charge in [0.05, 0.1) is 5.88 Å². The highest BCUT2D eigenvalue weighted by Crippen LogP contribution is 2.06. The van der Waals surface area contributed by atoms with Gasteiger partial charge in [-0.05, 0) is 0 Å². The molecule has 0 radical (unpaired) electrons. The highest BCUT2D eigenvalue weighted by molar-refractivity contribution is 6.18. The first-order valence-corrected chi connectivity index (χ1v) is 4.23. The summed E-state index contributed by atoms with van der Waals surface area (Å²) in [5.74, 6) is 0.627. The van der Waals surface area contributed by atoms with Crippen LogP contribution in [0.5, 0.6) is 0 Å². The molecule has 0 atom stereocenters. The molecule has 0 N–H and O–H groups in total. The summed E-state index contributed by atoms with van der Waals surface area (Å²) in [6, 6.07) is 6.02. The van der Waals surface area contributed by atoms with Crippen molar-refractivity contribution in [1.29, 1.82) is 0 Å². The Bertz CT molecular complexity index is 218. The highest BCUT2D eigenvalue weighted by atomic mass is 35.5. The van der Waals surface area contributed by atoms with Gasteiger partial charge in [-0.2, -0.15) is 4.57 Å². The zero-order valence-corrected chi connectivity index (χ0v) is 7.67. The number of halogens is 1.